The van der Waals surface area contributed by atoms with Gasteiger partial charge >= 0.3 is 0 Å². The molecule has 2 rings (SSSR count). The Morgan fingerprint density at radius 3 is 2.52 bits per heavy atom. The molecule has 1 heterocycles. The van der Waals surface area contributed by atoms with Crippen LogP contribution in [-0.2, 0) is 16.6 Å². The lowest BCUT2D eigenvalue weighted by Crippen LogP contribution is -2.14. The topological polar surface area (TPSA) is 85.1 Å². The highest BCUT2D eigenvalue weighted by molar-refractivity contribution is 7.93. The van der Waals surface area contributed by atoms with E-state index in [4.69, 9.17) is 28.9 Å². The van der Waals surface area contributed by atoms with Crippen molar-refractivity contribution in [2.45, 2.75) is 25.3 Å². The Labute approximate surface area is 137 Å². The summed E-state index contributed by atoms with van der Waals surface area (Å²) in [6.45, 7) is 3.73. The molecule has 0 fully saturated rings. The zero-order chi connectivity index (χ0) is 15.8. The number of benzene rings is 1. The Balaban J connectivity index is 2.45. The van der Waals surface area contributed by atoms with Crippen molar-refractivity contribution in [3.05, 3.63) is 38.3 Å². The van der Waals surface area contributed by atoms with E-state index in [1.807, 2.05) is 13.8 Å². The van der Waals surface area contributed by atoms with Gasteiger partial charge in [0.15, 0.2) is 5.13 Å². The summed E-state index contributed by atoms with van der Waals surface area (Å²) in [4.78, 5) is 5.02. The molecule has 0 aliphatic carbocycles. The second-order valence-electron chi connectivity index (χ2n) is 4.31. The van der Waals surface area contributed by atoms with E-state index in [0.717, 1.165) is 10.6 Å². The highest BCUT2D eigenvalue weighted by Gasteiger charge is 2.22. The molecule has 0 bridgehead atoms. The zero-order valence-electron chi connectivity index (χ0n) is 11.3. The number of anilines is 1. The van der Waals surface area contributed by atoms with Gasteiger partial charge in [0.2, 0.25) is 0 Å². The summed E-state index contributed by atoms with van der Waals surface area (Å²) in [6.07, 6.45) is 0. The van der Waals surface area contributed by atoms with Crippen molar-refractivity contribution in [1.29, 1.82) is 0 Å². The van der Waals surface area contributed by atoms with E-state index in [2.05, 4.69) is 9.71 Å². The summed E-state index contributed by atoms with van der Waals surface area (Å²) in [7, 11) is -3.85. The smallest absolute Gasteiger partial charge is 0.265 e. The van der Waals surface area contributed by atoms with Gasteiger partial charge in [0.1, 0.15) is 4.90 Å². The van der Waals surface area contributed by atoms with Gasteiger partial charge in [-0.25, -0.2) is 13.4 Å². The van der Waals surface area contributed by atoms with Crippen molar-refractivity contribution in [2.75, 3.05) is 4.72 Å². The first-order valence-electron chi connectivity index (χ1n) is 5.90. The number of sulfonamides is 1. The van der Waals surface area contributed by atoms with Gasteiger partial charge in [-0.15, -0.1) is 11.3 Å². The van der Waals surface area contributed by atoms with Gasteiger partial charge in [-0.05, 0) is 26.0 Å². The molecule has 0 aliphatic rings. The van der Waals surface area contributed by atoms with Gasteiger partial charge in [-0.1, -0.05) is 23.2 Å². The van der Waals surface area contributed by atoms with Crippen molar-refractivity contribution >= 4 is 49.7 Å². The number of halogens is 2. The van der Waals surface area contributed by atoms with E-state index in [-0.39, 0.29) is 16.5 Å². The molecule has 9 heteroatoms. The summed E-state index contributed by atoms with van der Waals surface area (Å²) >= 11 is 13.3. The van der Waals surface area contributed by atoms with Crippen molar-refractivity contribution in [1.82, 2.24) is 4.98 Å². The Bertz CT molecular complexity index is 769. The minimum Gasteiger partial charge on any atom is -0.326 e. The van der Waals surface area contributed by atoms with E-state index in [9.17, 15) is 8.42 Å². The molecule has 0 aliphatic heterocycles. The monoisotopic (exact) mass is 365 g/mol. The molecule has 0 amide bonds. The first kappa shape index (κ1) is 16.5. The second kappa shape index (κ2) is 6.10. The van der Waals surface area contributed by atoms with Crippen LogP contribution in [0.15, 0.2) is 17.0 Å². The van der Waals surface area contributed by atoms with Gasteiger partial charge in [-0.2, -0.15) is 0 Å². The number of nitrogens with zero attached hydrogens (tertiary/aromatic N) is 1. The Morgan fingerprint density at radius 2 is 2.00 bits per heavy atom. The van der Waals surface area contributed by atoms with Crippen LogP contribution in [-0.4, -0.2) is 13.4 Å². The van der Waals surface area contributed by atoms with E-state index >= 15 is 0 Å². The fourth-order valence-electron chi connectivity index (χ4n) is 1.66. The third-order valence-electron chi connectivity index (χ3n) is 2.89. The number of aromatic nitrogens is 1. The SMILES string of the molecule is Cc1nc(NS(=O)(=O)c2ccc(Cl)c(CN)c2Cl)sc1C. The fourth-order valence-corrected chi connectivity index (χ4v) is 4.64. The van der Waals surface area contributed by atoms with Crippen LogP contribution in [0.5, 0.6) is 0 Å². The van der Waals surface area contributed by atoms with Gasteiger partial charge in [-0.3, -0.25) is 4.72 Å². The van der Waals surface area contributed by atoms with Crippen molar-refractivity contribution < 1.29 is 8.42 Å². The van der Waals surface area contributed by atoms with Gasteiger partial charge in [0.25, 0.3) is 10.0 Å². The van der Waals surface area contributed by atoms with E-state index in [1.165, 1.54) is 23.5 Å². The van der Waals surface area contributed by atoms with Crippen LogP contribution in [0.1, 0.15) is 16.1 Å². The van der Waals surface area contributed by atoms with Crippen LogP contribution < -0.4 is 10.5 Å². The summed E-state index contributed by atoms with van der Waals surface area (Å²) < 4.78 is 27.2. The number of hydrogen-bond acceptors (Lipinski definition) is 5. The summed E-state index contributed by atoms with van der Waals surface area (Å²) in [6, 6.07) is 2.81. The first-order chi connectivity index (χ1) is 9.76. The highest BCUT2D eigenvalue weighted by Crippen LogP contribution is 2.32. The minimum absolute atomic E-state index is 0.0301. The fraction of sp³-hybridized carbons (Fsp3) is 0.250. The van der Waals surface area contributed by atoms with Crippen LogP contribution >= 0.6 is 34.5 Å². The third-order valence-corrected chi connectivity index (χ3v) is 6.29. The molecule has 0 spiro atoms. The van der Waals surface area contributed by atoms with Crippen molar-refractivity contribution in [2.24, 2.45) is 5.73 Å². The number of thiazole rings is 1. The number of aryl methyl sites for hydroxylation is 2. The molecule has 2 aromatic rings. The average Bonchev–Trinajstić information content (AvgIpc) is 2.67. The van der Waals surface area contributed by atoms with Crippen LogP contribution in [0, 0.1) is 13.8 Å². The maximum absolute atomic E-state index is 12.4. The number of hydrogen-bond donors (Lipinski definition) is 2. The van der Waals surface area contributed by atoms with E-state index in [1.54, 1.807) is 0 Å². The normalized spacial score (nSPS) is 11.7. The quantitative estimate of drug-likeness (QED) is 0.869. The number of nitrogens with two attached hydrogens (primary N) is 1. The largest absolute Gasteiger partial charge is 0.326 e. The first-order valence-corrected chi connectivity index (χ1v) is 8.95. The molecular weight excluding hydrogens is 353 g/mol. The lowest BCUT2D eigenvalue weighted by atomic mass is 10.2. The number of rotatable bonds is 4. The predicted octanol–water partition coefficient (Wildman–Crippen LogP) is 3.33. The summed E-state index contributed by atoms with van der Waals surface area (Å²) in [5, 5.41) is 0.662. The molecule has 114 valence electrons. The van der Waals surface area contributed by atoms with E-state index in [0.29, 0.717) is 15.7 Å². The zero-order valence-corrected chi connectivity index (χ0v) is 14.4. The number of nitrogens with one attached hydrogen (secondary N) is 1. The summed E-state index contributed by atoms with van der Waals surface area (Å²) in [5.41, 5.74) is 6.72. The molecule has 0 radical (unpaired) electrons. The minimum atomic E-state index is -3.85. The maximum Gasteiger partial charge on any atom is 0.265 e. The molecule has 21 heavy (non-hydrogen) atoms. The Kier molecular flexibility index (Phi) is 4.79. The molecule has 0 unspecified atom stereocenters. The Hall–Kier alpha value is -0.860. The second-order valence-corrected chi connectivity index (χ2v) is 7.95. The van der Waals surface area contributed by atoms with Crippen molar-refractivity contribution in [3.63, 3.8) is 0 Å². The van der Waals surface area contributed by atoms with Crippen LogP contribution in [0.25, 0.3) is 0 Å². The molecule has 3 N–H and O–H groups in total. The Morgan fingerprint density at radius 1 is 1.33 bits per heavy atom. The molecule has 0 saturated heterocycles. The molecule has 0 saturated carbocycles. The molecule has 0 atom stereocenters. The lowest BCUT2D eigenvalue weighted by Gasteiger charge is -2.11. The molecular formula is C12H13Cl2N3O2S2. The summed E-state index contributed by atoms with van der Waals surface area (Å²) in [5.74, 6) is 0. The highest BCUT2D eigenvalue weighted by atomic mass is 35.5. The standard InChI is InChI=1S/C12H13Cl2N3O2S2/c1-6-7(2)20-12(16-6)17-21(18,19)10-4-3-9(13)8(5-15)11(10)14/h3-4H,5,15H2,1-2H3,(H,16,17). The maximum atomic E-state index is 12.4. The van der Waals surface area contributed by atoms with Crippen LogP contribution in [0.2, 0.25) is 10.0 Å². The predicted molar refractivity (Wildman–Crippen MR) is 86.7 cm³/mol. The van der Waals surface area contributed by atoms with Crippen molar-refractivity contribution in [3.8, 4) is 0 Å². The third kappa shape index (κ3) is 3.32. The average molecular weight is 366 g/mol. The van der Waals surface area contributed by atoms with Crippen LogP contribution in [0.4, 0.5) is 5.13 Å². The van der Waals surface area contributed by atoms with Gasteiger partial charge < -0.3 is 5.73 Å². The molecule has 5 nitrogen and oxygen atoms in total. The van der Waals surface area contributed by atoms with Gasteiger partial charge in [0, 0.05) is 22.0 Å². The van der Waals surface area contributed by atoms with E-state index < -0.39 is 10.0 Å². The molecule has 1 aromatic heterocycles. The molecule has 1 aromatic carbocycles. The van der Waals surface area contributed by atoms with Gasteiger partial charge in [0.05, 0.1) is 10.7 Å². The van der Waals surface area contributed by atoms with Crippen LogP contribution in [0.3, 0.4) is 0 Å². The lowest BCUT2D eigenvalue weighted by molar-refractivity contribution is 0.601.